The Labute approximate surface area is 118 Å². The summed E-state index contributed by atoms with van der Waals surface area (Å²) in [5, 5.41) is 3.50. The van der Waals surface area contributed by atoms with Gasteiger partial charge in [-0.1, -0.05) is 0 Å². The fourth-order valence-corrected chi connectivity index (χ4v) is 3.93. The third kappa shape index (κ3) is 3.50. The lowest BCUT2D eigenvalue weighted by atomic mass is 9.93. The average Bonchev–Trinajstić information content (AvgIpc) is 3.25. The molecule has 0 aromatic carbocycles. The molecule has 2 atom stereocenters. The minimum Gasteiger partial charge on any atom is -0.317 e. The van der Waals surface area contributed by atoms with Crippen LogP contribution in [0.15, 0.2) is 0 Å². The van der Waals surface area contributed by atoms with Crippen LogP contribution < -0.4 is 5.32 Å². The number of nitrogens with zero attached hydrogens (tertiary/aromatic N) is 2. The van der Waals surface area contributed by atoms with E-state index >= 15 is 0 Å². The second-order valence-electron chi connectivity index (χ2n) is 7.13. The van der Waals surface area contributed by atoms with Gasteiger partial charge in [-0.3, -0.25) is 4.90 Å². The lowest BCUT2D eigenvalue weighted by molar-refractivity contribution is 0.0665. The fraction of sp³-hybridized carbons (Fsp3) is 1.00. The highest BCUT2D eigenvalue weighted by molar-refractivity contribution is 4.93. The molecule has 2 heterocycles. The second kappa shape index (κ2) is 6.11. The van der Waals surface area contributed by atoms with Gasteiger partial charge in [-0.25, -0.2) is 0 Å². The van der Waals surface area contributed by atoms with Gasteiger partial charge in [0.25, 0.3) is 0 Å². The lowest BCUT2D eigenvalue weighted by Crippen LogP contribution is -2.50. The fourth-order valence-electron chi connectivity index (χ4n) is 3.93. The number of piperidine rings is 2. The molecule has 2 unspecified atom stereocenters. The highest BCUT2D eigenvalue weighted by atomic mass is 15.2. The van der Waals surface area contributed by atoms with Crippen molar-refractivity contribution in [2.45, 2.75) is 63.6 Å². The van der Waals surface area contributed by atoms with E-state index < -0.39 is 0 Å². The van der Waals surface area contributed by atoms with Gasteiger partial charge in [0.1, 0.15) is 0 Å². The van der Waals surface area contributed by atoms with Gasteiger partial charge in [-0.2, -0.15) is 0 Å². The van der Waals surface area contributed by atoms with E-state index in [0.717, 1.165) is 24.0 Å². The van der Waals surface area contributed by atoms with Crippen molar-refractivity contribution in [1.29, 1.82) is 0 Å². The Bertz CT molecular complexity index is 284. The molecule has 0 radical (unpaired) electrons. The zero-order valence-corrected chi connectivity index (χ0v) is 12.8. The molecule has 0 spiro atoms. The molecule has 3 fully saturated rings. The van der Waals surface area contributed by atoms with Gasteiger partial charge in [0.2, 0.25) is 0 Å². The van der Waals surface area contributed by atoms with Crippen LogP contribution in [0, 0.1) is 5.92 Å². The first-order valence-corrected chi connectivity index (χ1v) is 8.40. The number of hydrogen-bond acceptors (Lipinski definition) is 3. The number of rotatable bonds is 4. The Morgan fingerprint density at radius 2 is 1.79 bits per heavy atom. The monoisotopic (exact) mass is 265 g/mol. The molecule has 110 valence electrons. The predicted octanol–water partition coefficient (Wildman–Crippen LogP) is 1.93. The molecule has 1 saturated carbocycles. The third-order valence-corrected chi connectivity index (χ3v) is 5.59. The van der Waals surface area contributed by atoms with Crippen LogP contribution in [-0.2, 0) is 0 Å². The van der Waals surface area contributed by atoms with Crippen molar-refractivity contribution >= 4 is 0 Å². The Morgan fingerprint density at radius 3 is 2.42 bits per heavy atom. The Balaban J connectivity index is 1.57. The highest BCUT2D eigenvalue weighted by Gasteiger charge is 2.37. The maximum Gasteiger partial charge on any atom is 0.0125 e. The van der Waals surface area contributed by atoms with E-state index in [9.17, 15) is 0 Å². The van der Waals surface area contributed by atoms with Gasteiger partial charge < -0.3 is 10.2 Å². The van der Waals surface area contributed by atoms with Gasteiger partial charge in [-0.15, -0.1) is 0 Å². The summed E-state index contributed by atoms with van der Waals surface area (Å²) in [6.07, 6.45) is 8.49. The molecule has 2 saturated heterocycles. The molecule has 1 N–H and O–H groups in total. The van der Waals surface area contributed by atoms with E-state index in [1.54, 1.807) is 0 Å². The van der Waals surface area contributed by atoms with Gasteiger partial charge in [0, 0.05) is 24.7 Å². The maximum atomic E-state index is 3.50. The molecule has 1 aliphatic carbocycles. The zero-order chi connectivity index (χ0) is 13.2. The van der Waals surface area contributed by atoms with Gasteiger partial charge in [-0.05, 0) is 78.0 Å². The average molecular weight is 265 g/mol. The van der Waals surface area contributed by atoms with Crippen LogP contribution in [0.4, 0.5) is 0 Å². The van der Waals surface area contributed by atoms with E-state index in [4.69, 9.17) is 0 Å². The van der Waals surface area contributed by atoms with Crippen molar-refractivity contribution in [2.75, 3.05) is 33.2 Å². The second-order valence-corrected chi connectivity index (χ2v) is 7.13. The Hall–Kier alpha value is -0.120. The van der Waals surface area contributed by atoms with Gasteiger partial charge >= 0.3 is 0 Å². The van der Waals surface area contributed by atoms with Crippen LogP contribution in [0.25, 0.3) is 0 Å². The van der Waals surface area contributed by atoms with E-state index in [1.807, 2.05) is 0 Å². The quantitative estimate of drug-likeness (QED) is 0.838. The number of hydrogen-bond donors (Lipinski definition) is 1. The van der Waals surface area contributed by atoms with Crippen LogP contribution in [0.2, 0.25) is 0 Å². The van der Waals surface area contributed by atoms with Crippen LogP contribution >= 0.6 is 0 Å². The molecule has 0 aromatic heterocycles. The van der Waals surface area contributed by atoms with E-state index in [0.29, 0.717) is 0 Å². The topological polar surface area (TPSA) is 18.5 Å². The number of likely N-dealkylation sites (tertiary alicyclic amines) is 1. The SMILES string of the molecule is CC1CC(N(CC2CCNCC2)C2CC2)CCN1C. The van der Waals surface area contributed by atoms with E-state index in [2.05, 4.69) is 29.1 Å². The van der Waals surface area contributed by atoms with E-state index in [-0.39, 0.29) is 0 Å². The first-order chi connectivity index (χ1) is 9.24. The summed E-state index contributed by atoms with van der Waals surface area (Å²) in [5.74, 6) is 0.955. The molecular formula is C16H31N3. The van der Waals surface area contributed by atoms with Gasteiger partial charge in [0.05, 0.1) is 0 Å². The summed E-state index contributed by atoms with van der Waals surface area (Å²) in [6.45, 7) is 7.57. The molecule has 3 rings (SSSR count). The molecule has 0 amide bonds. The minimum absolute atomic E-state index is 0.771. The standard InChI is InChI=1S/C16H31N3/c1-13-11-16(7-10-18(13)2)19(15-3-4-15)12-14-5-8-17-9-6-14/h13-17H,3-12H2,1-2H3. The summed E-state index contributed by atoms with van der Waals surface area (Å²) < 4.78 is 0. The number of nitrogens with one attached hydrogen (secondary N) is 1. The molecule has 3 heteroatoms. The minimum atomic E-state index is 0.771. The third-order valence-electron chi connectivity index (χ3n) is 5.59. The van der Waals surface area contributed by atoms with Crippen molar-refractivity contribution in [2.24, 2.45) is 5.92 Å². The van der Waals surface area contributed by atoms with E-state index in [1.165, 1.54) is 64.7 Å². The summed E-state index contributed by atoms with van der Waals surface area (Å²) in [4.78, 5) is 5.45. The van der Waals surface area contributed by atoms with Crippen molar-refractivity contribution in [1.82, 2.24) is 15.1 Å². The first-order valence-electron chi connectivity index (χ1n) is 8.40. The van der Waals surface area contributed by atoms with Crippen LogP contribution in [0.5, 0.6) is 0 Å². The molecule has 0 aromatic rings. The molecular weight excluding hydrogens is 234 g/mol. The van der Waals surface area contributed by atoms with Crippen molar-refractivity contribution in [3.63, 3.8) is 0 Å². The van der Waals surface area contributed by atoms with Gasteiger partial charge in [0.15, 0.2) is 0 Å². The Kier molecular flexibility index (Phi) is 4.45. The molecule has 2 aliphatic heterocycles. The summed E-state index contributed by atoms with van der Waals surface area (Å²) in [6, 6.07) is 2.58. The zero-order valence-electron chi connectivity index (χ0n) is 12.8. The lowest BCUT2D eigenvalue weighted by Gasteiger charge is -2.42. The van der Waals surface area contributed by atoms with Crippen LogP contribution in [0.3, 0.4) is 0 Å². The maximum absolute atomic E-state index is 3.50. The predicted molar refractivity (Wildman–Crippen MR) is 80.4 cm³/mol. The van der Waals surface area contributed by atoms with Crippen molar-refractivity contribution < 1.29 is 0 Å². The van der Waals surface area contributed by atoms with Crippen molar-refractivity contribution in [3.05, 3.63) is 0 Å². The summed E-state index contributed by atoms with van der Waals surface area (Å²) in [7, 11) is 2.29. The molecule has 0 bridgehead atoms. The Morgan fingerprint density at radius 1 is 1.05 bits per heavy atom. The van der Waals surface area contributed by atoms with Crippen LogP contribution in [-0.4, -0.2) is 61.2 Å². The summed E-state index contributed by atoms with van der Waals surface area (Å²) >= 11 is 0. The smallest absolute Gasteiger partial charge is 0.0125 e. The molecule has 3 nitrogen and oxygen atoms in total. The summed E-state index contributed by atoms with van der Waals surface area (Å²) in [5.41, 5.74) is 0. The van der Waals surface area contributed by atoms with Crippen LogP contribution in [0.1, 0.15) is 45.4 Å². The normalized spacial score (nSPS) is 34.9. The van der Waals surface area contributed by atoms with Crippen molar-refractivity contribution in [3.8, 4) is 0 Å². The first kappa shape index (κ1) is 13.8. The molecule has 3 aliphatic rings. The largest absolute Gasteiger partial charge is 0.317 e. The molecule has 19 heavy (non-hydrogen) atoms. The highest BCUT2D eigenvalue weighted by Crippen LogP contribution is 2.34.